The van der Waals surface area contributed by atoms with Crippen LogP contribution in [-0.2, 0) is 6.42 Å². The number of hydrogen-bond acceptors (Lipinski definition) is 1. The van der Waals surface area contributed by atoms with E-state index < -0.39 is 0 Å². The average Bonchev–Trinajstić information content (AvgIpc) is 2.08. The molecule has 2 heteroatoms. The lowest BCUT2D eigenvalue weighted by molar-refractivity contribution is 0.574. The van der Waals surface area contributed by atoms with Crippen LogP contribution >= 0.6 is 0 Å². The fourth-order valence-electron chi connectivity index (χ4n) is 1.39. The van der Waals surface area contributed by atoms with Crippen molar-refractivity contribution in [3.63, 3.8) is 0 Å². The Labute approximate surface area is 79.2 Å². The molecule has 0 amide bonds. The second-order valence-corrected chi connectivity index (χ2v) is 3.63. The van der Waals surface area contributed by atoms with Gasteiger partial charge in [0.25, 0.3) is 5.56 Å². The molecular formula is C11H17NO. The minimum absolute atomic E-state index is 0.0925. The van der Waals surface area contributed by atoms with Gasteiger partial charge < -0.3 is 4.57 Å². The van der Waals surface area contributed by atoms with Crippen LogP contribution in [0.5, 0.6) is 0 Å². The summed E-state index contributed by atoms with van der Waals surface area (Å²) in [5, 5.41) is 0. The maximum atomic E-state index is 11.4. The predicted molar refractivity (Wildman–Crippen MR) is 55.1 cm³/mol. The minimum Gasteiger partial charge on any atom is -0.313 e. The second-order valence-electron chi connectivity index (χ2n) is 3.63. The Bertz CT molecular complexity index is 325. The molecule has 0 unspecified atom stereocenters. The summed E-state index contributed by atoms with van der Waals surface area (Å²) in [7, 11) is 0. The van der Waals surface area contributed by atoms with E-state index in [1.165, 1.54) is 5.56 Å². The fraction of sp³-hybridized carbons (Fsp3) is 0.545. The summed E-state index contributed by atoms with van der Waals surface area (Å²) in [6, 6.07) is 3.83. The molecule has 1 heterocycles. The van der Waals surface area contributed by atoms with Crippen LogP contribution in [0.4, 0.5) is 0 Å². The largest absolute Gasteiger partial charge is 0.313 e. The smallest absolute Gasteiger partial charge is 0.250 e. The van der Waals surface area contributed by atoms with Crippen molar-refractivity contribution in [1.29, 1.82) is 0 Å². The van der Waals surface area contributed by atoms with Crippen LogP contribution in [-0.4, -0.2) is 4.57 Å². The first-order valence-electron chi connectivity index (χ1n) is 4.86. The first-order chi connectivity index (χ1) is 6.15. The average molecular weight is 179 g/mol. The normalized spacial score (nSPS) is 10.8. The van der Waals surface area contributed by atoms with Gasteiger partial charge in [-0.15, -0.1) is 0 Å². The van der Waals surface area contributed by atoms with E-state index >= 15 is 0 Å². The highest BCUT2D eigenvalue weighted by atomic mass is 16.1. The molecular weight excluding hydrogens is 162 g/mol. The molecule has 0 aliphatic carbocycles. The highest BCUT2D eigenvalue weighted by molar-refractivity contribution is 5.10. The zero-order chi connectivity index (χ0) is 9.84. The van der Waals surface area contributed by atoms with Crippen LogP contribution in [0.15, 0.2) is 23.1 Å². The van der Waals surface area contributed by atoms with Gasteiger partial charge >= 0.3 is 0 Å². The predicted octanol–water partition coefficient (Wildman–Crippen LogP) is 2.38. The van der Waals surface area contributed by atoms with Gasteiger partial charge in [0.15, 0.2) is 0 Å². The summed E-state index contributed by atoms with van der Waals surface area (Å²) >= 11 is 0. The minimum atomic E-state index is 0.0925. The molecule has 0 fully saturated rings. The number of aromatic nitrogens is 1. The van der Waals surface area contributed by atoms with E-state index in [1.807, 2.05) is 26.1 Å². The van der Waals surface area contributed by atoms with E-state index in [-0.39, 0.29) is 11.6 Å². The van der Waals surface area contributed by atoms with Crippen molar-refractivity contribution in [3.8, 4) is 0 Å². The first kappa shape index (κ1) is 10.0. The number of hydrogen-bond donors (Lipinski definition) is 0. The molecule has 0 aliphatic rings. The highest BCUT2D eigenvalue weighted by Crippen LogP contribution is 2.04. The molecule has 0 radical (unpaired) electrons. The summed E-state index contributed by atoms with van der Waals surface area (Å²) in [5.41, 5.74) is 1.34. The van der Waals surface area contributed by atoms with E-state index in [0.29, 0.717) is 0 Å². The summed E-state index contributed by atoms with van der Waals surface area (Å²) in [6.07, 6.45) is 4.14. The monoisotopic (exact) mass is 179 g/mol. The zero-order valence-corrected chi connectivity index (χ0v) is 8.58. The fourth-order valence-corrected chi connectivity index (χ4v) is 1.39. The van der Waals surface area contributed by atoms with Crippen molar-refractivity contribution in [3.05, 3.63) is 34.2 Å². The van der Waals surface area contributed by atoms with Crippen LogP contribution in [0, 0.1) is 0 Å². The lowest BCUT2D eigenvalue weighted by Crippen LogP contribution is -2.20. The van der Waals surface area contributed by atoms with Gasteiger partial charge in [-0.05, 0) is 25.8 Å². The van der Waals surface area contributed by atoms with Crippen molar-refractivity contribution < 1.29 is 0 Å². The summed E-state index contributed by atoms with van der Waals surface area (Å²) in [4.78, 5) is 11.4. The molecule has 0 aliphatic heterocycles. The molecule has 0 N–H and O–H groups in total. The molecule has 1 aromatic rings. The standard InChI is InChI=1S/C11H17NO/c1-4-5-10-6-7-11(13)12(8-10)9(2)3/h6-9H,4-5H2,1-3H3. The first-order valence-corrected chi connectivity index (χ1v) is 4.86. The summed E-state index contributed by atoms with van der Waals surface area (Å²) < 4.78 is 1.78. The van der Waals surface area contributed by atoms with E-state index in [4.69, 9.17) is 0 Å². The van der Waals surface area contributed by atoms with Crippen molar-refractivity contribution in [1.82, 2.24) is 4.57 Å². The molecule has 0 atom stereocenters. The molecule has 2 nitrogen and oxygen atoms in total. The van der Waals surface area contributed by atoms with Gasteiger partial charge in [0, 0.05) is 18.3 Å². The second kappa shape index (κ2) is 4.26. The lowest BCUT2D eigenvalue weighted by Gasteiger charge is -2.10. The van der Waals surface area contributed by atoms with Gasteiger partial charge in [-0.25, -0.2) is 0 Å². The van der Waals surface area contributed by atoms with Gasteiger partial charge in [0.05, 0.1) is 0 Å². The van der Waals surface area contributed by atoms with Crippen LogP contribution < -0.4 is 5.56 Å². The maximum Gasteiger partial charge on any atom is 0.250 e. The Morgan fingerprint density at radius 3 is 2.62 bits per heavy atom. The quantitative estimate of drug-likeness (QED) is 0.698. The Kier molecular flexibility index (Phi) is 3.29. The van der Waals surface area contributed by atoms with Crippen LogP contribution in [0.25, 0.3) is 0 Å². The SMILES string of the molecule is CCCc1ccc(=O)n(C(C)C)c1. The van der Waals surface area contributed by atoms with Crippen molar-refractivity contribution >= 4 is 0 Å². The van der Waals surface area contributed by atoms with E-state index in [1.54, 1.807) is 10.6 Å². The molecule has 0 spiro atoms. The van der Waals surface area contributed by atoms with Gasteiger partial charge in [0.2, 0.25) is 0 Å². The Balaban J connectivity index is 3.04. The number of rotatable bonds is 3. The molecule has 1 rings (SSSR count). The molecule has 0 bridgehead atoms. The van der Waals surface area contributed by atoms with Crippen LogP contribution in [0.3, 0.4) is 0 Å². The Morgan fingerprint density at radius 1 is 1.38 bits per heavy atom. The number of aryl methyl sites for hydroxylation is 1. The zero-order valence-electron chi connectivity index (χ0n) is 8.58. The van der Waals surface area contributed by atoms with Gasteiger partial charge in [0.1, 0.15) is 0 Å². The third kappa shape index (κ3) is 2.44. The van der Waals surface area contributed by atoms with Crippen LogP contribution in [0.2, 0.25) is 0 Å². The molecule has 0 saturated carbocycles. The highest BCUT2D eigenvalue weighted by Gasteiger charge is 2.00. The van der Waals surface area contributed by atoms with Crippen molar-refractivity contribution in [2.75, 3.05) is 0 Å². The van der Waals surface area contributed by atoms with E-state index in [2.05, 4.69) is 6.92 Å². The molecule has 72 valence electrons. The molecule has 0 saturated heterocycles. The van der Waals surface area contributed by atoms with Crippen molar-refractivity contribution in [2.24, 2.45) is 0 Å². The molecule has 0 aromatic carbocycles. The van der Waals surface area contributed by atoms with Gasteiger partial charge in [-0.3, -0.25) is 4.79 Å². The third-order valence-electron chi connectivity index (χ3n) is 2.09. The lowest BCUT2D eigenvalue weighted by atomic mass is 10.1. The number of pyridine rings is 1. The third-order valence-corrected chi connectivity index (χ3v) is 2.09. The maximum absolute atomic E-state index is 11.4. The van der Waals surface area contributed by atoms with Gasteiger partial charge in [-0.1, -0.05) is 19.4 Å². The molecule has 1 aromatic heterocycles. The van der Waals surface area contributed by atoms with Crippen LogP contribution in [0.1, 0.15) is 38.8 Å². The van der Waals surface area contributed by atoms with E-state index in [0.717, 1.165) is 12.8 Å². The topological polar surface area (TPSA) is 22.0 Å². The molecule has 13 heavy (non-hydrogen) atoms. The summed E-state index contributed by atoms with van der Waals surface area (Å²) in [6.45, 7) is 6.19. The van der Waals surface area contributed by atoms with Gasteiger partial charge in [-0.2, -0.15) is 0 Å². The Morgan fingerprint density at radius 2 is 2.08 bits per heavy atom. The van der Waals surface area contributed by atoms with E-state index in [9.17, 15) is 4.79 Å². The number of nitrogens with zero attached hydrogens (tertiary/aromatic N) is 1. The summed E-state index contributed by atoms with van der Waals surface area (Å²) in [5.74, 6) is 0. The van der Waals surface area contributed by atoms with Crippen molar-refractivity contribution in [2.45, 2.75) is 39.7 Å². The Hall–Kier alpha value is -1.05.